The second-order valence-corrected chi connectivity index (χ2v) is 4.70. The Morgan fingerprint density at radius 1 is 1.04 bits per heavy atom. The van der Waals surface area contributed by atoms with Crippen molar-refractivity contribution in [1.82, 2.24) is 0 Å². The highest BCUT2D eigenvalue weighted by atomic mass is 19.1. The number of halogens is 1. The molecule has 24 heavy (non-hydrogen) atoms. The lowest BCUT2D eigenvalue weighted by Crippen LogP contribution is -2.21. The fourth-order valence-electron chi connectivity index (χ4n) is 1.91. The largest absolute Gasteiger partial charge is 0.497 e. The van der Waals surface area contributed by atoms with Crippen molar-refractivity contribution < 1.29 is 28.2 Å². The van der Waals surface area contributed by atoms with Gasteiger partial charge in [0, 0.05) is 5.69 Å². The van der Waals surface area contributed by atoms with Gasteiger partial charge in [-0.2, -0.15) is 0 Å². The molecule has 0 atom stereocenters. The van der Waals surface area contributed by atoms with Crippen LogP contribution in [-0.4, -0.2) is 32.7 Å². The van der Waals surface area contributed by atoms with Gasteiger partial charge in [-0.3, -0.25) is 4.79 Å². The van der Waals surface area contributed by atoms with Gasteiger partial charge in [-0.25, -0.2) is 9.18 Å². The smallest absolute Gasteiger partial charge is 0.342 e. The molecule has 0 aliphatic heterocycles. The number of hydrogen-bond acceptors (Lipinski definition) is 5. The first-order valence-electron chi connectivity index (χ1n) is 6.98. The molecule has 0 aliphatic carbocycles. The molecule has 2 rings (SSSR count). The van der Waals surface area contributed by atoms with Crippen LogP contribution in [0.2, 0.25) is 0 Å². The first-order chi connectivity index (χ1) is 11.5. The van der Waals surface area contributed by atoms with Gasteiger partial charge in [-0.15, -0.1) is 0 Å². The van der Waals surface area contributed by atoms with Crippen molar-refractivity contribution in [2.45, 2.75) is 0 Å². The molecule has 0 aliphatic rings. The average molecular weight is 333 g/mol. The summed E-state index contributed by atoms with van der Waals surface area (Å²) in [6, 6.07) is 9.88. The Bertz CT molecular complexity index is 730. The van der Waals surface area contributed by atoms with Crippen LogP contribution in [0.5, 0.6) is 11.5 Å². The van der Waals surface area contributed by atoms with Crippen molar-refractivity contribution in [2.75, 3.05) is 26.1 Å². The maximum atomic E-state index is 12.8. The Balaban J connectivity index is 1.97. The molecule has 126 valence electrons. The maximum absolute atomic E-state index is 12.8. The number of hydrogen-bond donors (Lipinski definition) is 1. The van der Waals surface area contributed by atoms with Crippen molar-refractivity contribution in [3.8, 4) is 11.5 Å². The van der Waals surface area contributed by atoms with Crippen molar-refractivity contribution in [1.29, 1.82) is 0 Å². The molecule has 0 aromatic heterocycles. The highest BCUT2D eigenvalue weighted by Crippen LogP contribution is 2.24. The number of rotatable bonds is 6. The number of methoxy groups -OCH3 is 2. The SMILES string of the molecule is COc1ccc(OC)c(C(=O)OCC(=O)Nc2ccc(F)cc2)c1. The molecule has 0 saturated heterocycles. The van der Waals surface area contributed by atoms with Gasteiger partial charge in [-0.1, -0.05) is 0 Å². The Labute approximate surface area is 138 Å². The van der Waals surface area contributed by atoms with E-state index >= 15 is 0 Å². The second kappa shape index (κ2) is 7.96. The van der Waals surface area contributed by atoms with Crippen molar-refractivity contribution in [2.24, 2.45) is 0 Å². The number of benzene rings is 2. The van der Waals surface area contributed by atoms with Crippen LogP contribution in [-0.2, 0) is 9.53 Å². The minimum absolute atomic E-state index is 0.145. The van der Waals surface area contributed by atoms with Crippen LogP contribution in [0.1, 0.15) is 10.4 Å². The molecular formula is C17H16FNO5. The molecule has 7 heteroatoms. The summed E-state index contributed by atoms with van der Waals surface area (Å²) < 4.78 is 27.9. The predicted octanol–water partition coefficient (Wildman–Crippen LogP) is 2.64. The number of ether oxygens (including phenoxy) is 3. The summed E-state index contributed by atoms with van der Waals surface area (Å²) in [6.45, 7) is -0.490. The molecule has 0 saturated carbocycles. The van der Waals surface area contributed by atoms with E-state index in [1.165, 1.54) is 44.6 Å². The summed E-state index contributed by atoms with van der Waals surface area (Å²) in [6.07, 6.45) is 0. The van der Waals surface area contributed by atoms with Crippen molar-refractivity contribution in [3.63, 3.8) is 0 Å². The topological polar surface area (TPSA) is 73.9 Å². The van der Waals surface area contributed by atoms with Gasteiger partial charge in [0.1, 0.15) is 22.9 Å². The quantitative estimate of drug-likeness (QED) is 0.823. The number of amides is 1. The summed E-state index contributed by atoms with van der Waals surface area (Å²) in [7, 11) is 2.88. The Morgan fingerprint density at radius 2 is 1.75 bits per heavy atom. The Morgan fingerprint density at radius 3 is 2.38 bits per heavy atom. The minimum Gasteiger partial charge on any atom is -0.497 e. The van der Waals surface area contributed by atoms with E-state index < -0.39 is 24.3 Å². The summed E-state index contributed by atoms with van der Waals surface area (Å²) in [5.74, 6) is -0.917. The van der Waals surface area contributed by atoms with E-state index in [2.05, 4.69) is 5.32 Å². The third-order valence-corrected chi connectivity index (χ3v) is 3.09. The highest BCUT2D eigenvalue weighted by Gasteiger charge is 2.16. The fourth-order valence-corrected chi connectivity index (χ4v) is 1.91. The average Bonchev–Trinajstić information content (AvgIpc) is 2.61. The summed E-state index contributed by atoms with van der Waals surface area (Å²) in [5.41, 5.74) is 0.544. The predicted molar refractivity (Wildman–Crippen MR) is 84.9 cm³/mol. The lowest BCUT2D eigenvalue weighted by molar-refractivity contribution is -0.119. The van der Waals surface area contributed by atoms with Crippen LogP contribution in [0.15, 0.2) is 42.5 Å². The second-order valence-electron chi connectivity index (χ2n) is 4.70. The Kier molecular flexibility index (Phi) is 5.73. The molecule has 0 radical (unpaired) electrons. The molecule has 0 fully saturated rings. The third-order valence-electron chi connectivity index (χ3n) is 3.09. The van der Waals surface area contributed by atoms with Gasteiger partial charge in [0.2, 0.25) is 0 Å². The highest BCUT2D eigenvalue weighted by molar-refractivity contribution is 5.97. The van der Waals surface area contributed by atoms with Crippen molar-refractivity contribution >= 4 is 17.6 Å². The minimum atomic E-state index is -0.722. The summed E-state index contributed by atoms with van der Waals surface area (Å²) in [4.78, 5) is 23.9. The molecule has 0 spiro atoms. The number of carbonyl (C=O) groups excluding carboxylic acids is 2. The molecule has 1 N–H and O–H groups in total. The number of carbonyl (C=O) groups is 2. The van der Waals surface area contributed by atoms with Crippen LogP contribution in [0.4, 0.5) is 10.1 Å². The van der Waals surface area contributed by atoms with E-state index in [1.807, 2.05) is 0 Å². The zero-order valence-electron chi connectivity index (χ0n) is 13.2. The van der Waals surface area contributed by atoms with E-state index in [1.54, 1.807) is 12.1 Å². The van der Waals surface area contributed by atoms with Crippen LogP contribution in [0.3, 0.4) is 0 Å². The number of nitrogens with one attached hydrogen (secondary N) is 1. The van der Waals surface area contributed by atoms with Crippen molar-refractivity contribution in [3.05, 3.63) is 53.8 Å². The lowest BCUT2D eigenvalue weighted by Gasteiger charge is -2.10. The zero-order chi connectivity index (χ0) is 17.5. The van der Waals surface area contributed by atoms with Gasteiger partial charge < -0.3 is 19.5 Å². The van der Waals surface area contributed by atoms with Crippen LogP contribution >= 0.6 is 0 Å². The molecule has 0 heterocycles. The lowest BCUT2D eigenvalue weighted by atomic mass is 10.2. The first kappa shape index (κ1) is 17.3. The molecule has 6 nitrogen and oxygen atoms in total. The monoisotopic (exact) mass is 333 g/mol. The Hall–Kier alpha value is -3.09. The molecule has 1 amide bonds. The fraction of sp³-hybridized carbons (Fsp3) is 0.176. The number of anilines is 1. The van der Waals surface area contributed by atoms with E-state index in [-0.39, 0.29) is 5.56 Å². The molecule has 2 aromatic carbocycles. The van der Waals surface area contributed by atoms with Crippen LogP contribution in [0.25, 0.3) is 0 Å². The molecule has 0 unspecified atom stereocenters. The van der Waals surface area contributed by atoms with Crippen LogP contribution in [0, 0.1) is 5.82 Å². The van der Waals surface area contributed by atoms with Gasteiger partial charge in [0.05, 0.1) is 14.2 Å². The maximum Gasteiger partial charge on any atom is 0.342 e. The van der Waals surface area contributed by atoms with Gasteiger partial charge in [-0.05, 0) is 42.5 Å². The summed E-state index contributed by atoms with van der Waals surface area (Å²) >= 11 is 0. The third kappa shape index (κ3) is 4.45. The number of esters is 1. The first-order valence-corrected chi connectivity index (χ1v) is 6.98. The summed E-state index contributed by atoms with van der Waals surface area (Å²) in [5, 5.41) is 2.49. The molecule has 0 bridgehead atoms. The molecular weight excluding hydrogens is 317 g/mol. The van der Waals surface area contributed by atoms with E-state index in [9.17, 15) is 14.0 Å². The van der Waals surface area contributed by atoms with Gasteiger partial charge >= 0.3 is 5.97 Å². The van der Waals surface area contributed by atoms with Gasteiger partial charge in [0.25, 0.3) is 5.91 Å². The van der Waals surface area contributed by atoms with E-state index in [0.717, 1.165) is 0 Å². The normalized spacial score (nSPS) is 9.96. The van der Waals surface area contributed by atoms with E-state index in [0.29, 0.717) is 17.2 Å². The van der Waals surface area contributed by atoms with Crippen LogP contribution < -0.4 is 14.8 Å². The van der Waals surface area contributed by atoms with Gasteiger partial charge in [0.15, 0.2) is 6.61 Å². The van der Waals surface area contributed by atoms with E-state index in [4.69, 9.17) is 14.2 Å². The zero-order valence-corrected chi connectivity index (χ0v) is 13.2. The molecule has 2 aromatic rings. The standard InChI is InChI=1S/C17H16FNO5/c1-22-13-7-8-15(23-2)14(9-13)17(21)24-10-16(20)19-12-5-3-11(18)4-6-12/h3-9H,10H2,1-2H3,(H,19,20).